The second-order valence-electron chi connectivity index (χ2n) is 9.63. The fraction of sp³-hybridized carbons (Fsp3) is 0.448. The number of amides is 2. The average molecular weight is 609 g/mol. The Balaban J connectivity index is 0.000000395. The average Bonchev–Trinajstić information content (AvgIpc) is 3.44. The number of nitrogens with one attached hydrogen (secondary N) is 1. The number of hydrogen-bond acceptors (Lipinski definition) is 6. The molecule has 2 amide bonds. The van der Waals surface area contributed by atoms with Gasteiger partial charge in [0.1, 0.15) is 0 Å². The number of anilines is 2. The van der Waals surface area contributed by atoms with Crippen molar-refractivity contribution in [2.24, 2.45) is 11.8 Å². The normalized spacial score (nSPS) is 18.9. The molecule has 12 heteroatoms. The molecule has 2 aliphatic heterocycles. The predicted molar refractivity (Wildman–Crippen MR) is 165 cm³/mol. The van der Waals surface area contributed by atoms with Crippen LogP contribution in [-0.4, -0.2) is 66.7 Å². The number of benzene rings is 2. The summed E-state index contributed by atoms with van der Waals surface area (Å²) in [7, 11) is -4.04. The van der Waals surface area contributed by atoms with E-state index in [9.17, 15) is 26.4 Å². The molecule has 2 heterocycles. The number of carbonyl (C=O) groups is 2. The minimum absolute atomic E-state index is 0. The third-order valence-corrected chi connectivity index (χ3v) is 10.2. The third-order valence-electron chi connectivity index (χ3n) is 6.92. The van der Waals surface area contributed by atoms with Crippen LogP contribution >= 0.6 is 0 Å². The molecular formula is C29H44N4O6S2. The lowest BCUT2D eigenvalue weighted by Gasteiger charge is -2.18. The maximum Gasteiger partial charge on any atom is 0.243 e. The molecule has 2 fully saturated rings. The van der Waals surface area contributed by atoms with E-state index in [1.807, 2.05) is 13.8 Å². The van der Waals surface area contributed by atoms with Gasteiger partial charge in [-0.3, -0.25) is 9.59 Å². The summed E-state index contributed by atoms with van der Waals surface area (Å²) in [5, 5.41) is 0. The first-order valence-corrected chi connectivity index (χ1v) is 15.6. The summed E-state index contributed by atoms with van der Waals surface area (Å²) in [6.07, 6.45) is 3.21. The lowest BCUT2D eigenvalue weighted by Crippen LogP contribution is -2.28. The van der Waals surface area contributed by atoms with Crippen LogP contribution in [0.4, 0.5) is 11.4 Å². The summed E-state index contributed by atoms with van der Waals surface area (Å²) < 4.78 is 51.1. The fourth-order valence-electron chi connectivity index (χ4n) is 4.34. The largest absolute Gasteiger partial charge is 0.312 e. The number of sulfonamides is 2. The highest BCUT2D eigenvalue weighted by Gasteiger charge is 2.30. The van der Waals surface area contributed by atoms with Crippen molar-refractivity contribution >= 4 is 43.2 Å². The van der Waals surface area contributed by atoms with Gasteiger partial charge in [-0.25, -0.2) is 21.6 Å². The van der Waals surface area contributed by atoms with Gasteiger partial charge in [0.25, 0.3) is 0 Å². The van der Waals surface area contributed by atoms with E-state index in [0.717, 1.165) is 24.2 Å². The van der Waals surface area contributed by atoms with Crippen molar-refractivity contribution in [2.45, 2.75) is 51.3 Å². The van der Waals surface area contributed by atoms with Crippen LogP contribution in [0.3, 0.4) is 0 Å². The Morgan fingerprint density at radius 1 is 0.829 bits per heavy atom. The minimum Gasteiger partial charge on any atom is -0.312 e. The topological polar surface area (TPSA) is 124 Å². The Hall–Kier alpha value is -3.06. The van der Waals surface area contributed by atoms with Crippen molar-refractivity contribution in [3.05, 3.63) is 61.2 Å². The quantitative estimate of drug-likeness (QED) is 0.450. The zero-order valence-corrected chi connectivity index (χ0v) is 24.3. The highest BCUT2D eigenvalue weighted by molar-refractivity contribution is 7.89. The van der Waals surface area contributed by atoms with Crippen LogP contribution in [0.5, 0.6) is 0 Å². The minimum atomic E-state index is -3.51. The molecule has 10 nitrogen and oxygen atoms in total. The zero-order chi connectivity index (χ0) is 29.0. The van der Waals surface area contributed by atoms with Crippen molar-refractivity contribution in [3.63, 3.8) is 0 Å². The number of rotatable bonds is 8. The number of hydrogen-bond donors (Lipinski definition) is 1. The first kappa shape index (κ1) is 36.0. The van der Waals surface area contributed by atoms with Crippen LogP contribution in [0.1, 0.15) is 41.5 Å². The summed E-state index contributed by atoms with van der Waals surface area (Å²) in [5.74, 6) is 0.270. The van der Waals surface area contributed by atoms with E-state index >= 15 is 0 Å². The molecule has 2 aromatic rings. The van der Waals surface area contributed by atoms with Gasteiger partial charge in [-0.15, -0.1) is 6.58 Å². The maximum atomic E-state index is 12.3. The smallest absolute Gasteiger partial charge is 0.243 e. The second kappa shape index (κ2) is 14.7. The third kappa shape index (κ3) is 8.03. The van der Waals surface area contributed by atoms with Crippen LogP contribution in [0, 0.1) is 11.8 Å². The summed E-state index contributed by atoms with van der Waals surface area (Å²) in [6, 6.07) is 12.8. The Bertz CT molecular complexity index is 1410. The highest BCUT2D eigenvalue weighted by atomic mass is 32.2. The molecule has 41 heavy (non-hydrogen) atoms. The number of likely N-dealkylation sites (N-methyl/N-ethyl adjacent to an activating group) is 1. The van der Waals surface area contributed by atoms with E-state index < -0.39 is 20.0 Å². The maximum absolute atomic E-state index is 12.3. The standard InChI is InChI=1S/C15H20N2O3S.C12H16N2O3S.2CH4/c1-4-10-16(3)21(19,20)14-7-5-13(6-8-14)17-11-9-12(2)15(17)18;1-9-7-8-14(12(9)15)10-3-5-11(6-4-10)18(16,17)13-2;;/h4-8,12H,1,9-11H2,2-3H3;3-6,9,13H,7-8H2,1-2H3;2*1H4/t12-;9-;;/m00../s1. The second-order valence-corrected chi connectivity index (χ2v) is 13.6. The van der Waals surface area contributed by atoms with E-state index in [-0.39, 0.29) is 54.8 Å². The van der Waals surface area contributed by atoms with Crippen LogP contribution in [-0.2, 0) is 29.6 Å². The molecular weight excluding hydrogens is 564 g/mol. The van der Waals surface area contributed by atoms with Crippen molar-refractivity contribution < 1.29 is 26.4 Å². The van der Waals surface area contributed by atoms with Gasteiger partial charge >= 0.3 is 0 Å². The summed E-state index contributed by atoms with van der Waals surface area (Å²) in [4.78, 5) is 27.6. The molecule has 0 unspecified atom stereocenters. The SMILES string of the molecule is C.C.C=CCN(C)S(=O)(=O)c1ccc(N2CC[C@H](C)C2=O)cc1.CNS(=O)(=O)c1ccc(N2CC[C@H](C)C2=O)cc1. The van der Waals surface area contributed by atoms with E-state index in [2.05, 4.69) is 11.3 Å². The molecule has 228 valence electrons. The molecule has 2 aliphatic rings. The molecule has 4 rings (SSSR count). The molecule has 0 radical (unpaired) electrons. The number of carbonyl (C=O) groups excluding carboxylic acids is 2. The van der Waals surface area contributed by atoms with Crippen LogP contribution in [0.15, 0.2) is 71.0 Å². The van der Waals surface area contributed by atoms with Crippen molar-refractivity contribution in [2.75, 3.05) is 43.5 Å². The number of nitrogens with zero attached hydrogens (tertiary/aromatic N) is 3. The molecule has 2 aromatic carbocycles. The van der Waals surface area contributed by atoms with Crippen molar-refractivity contribution in [3.8, 4) is 0 Å². The van der Waals surface area contributed by atoms with Crippen LogP contribution in [0.25, 0.3) is 0 Å². The summed E-state index contributed by atoms with van der Waals surface area (Å²) in [6.45, 7) is 8.98. The lowest BCUT2D eigenvalue weighted by molar-refractivity contribution is -0.120. The molecule has 2 atom stereocenters. The van der Waals surface area contributed by atoms with E-state index in [1.54, 1.807) is 46.2 Å². The first-order chi connectivity index (χ1) is 18.3. The van der Waals surface area contributed by atoms with E-state index in [4.69, 9.17) is 0 Å². The Kier molecular flexibility index (Phi) is 12.9. The molecule has 1 N–H and O–H groups in total. The van der Waals surface area contributed by atoms with Gasteiger partial charge in [-0.2, -0.15) is 4.31 Å². The zero-order valence-electron chi connectivity index (χ0n) is 22.7. The van der Waals surface area contributed by atoms with Gasteiger partial charge in [-0.1, -0.05) is 34.8 Å². The Labute approximate surface area is 246 Å². The molecule has 2 saturated heterocycles. The monoisotopic (exact) mass is 608 g/mol. The van der Waals surface area contributed by atoms with E-state index in [0.29, 0.717) is 13.1 Å². The molecule has 0 saturated carbocycles. The molecule has 0 aliphatic carbocycles. The van der Waals surface area contributed by atoms with Gasteiger partial charge in [0.05, 0.1) is 9.79 Å². The molecule has 0 spiro atoms. The lowest BCUT2D eigenvalue weighted by atomic mass is 10.1. The van der Waals surface area contributed by atoms with Gasteiger partial charge in [-0.05, 0) is 68.4 Å². The van der Waals surface area contributed by atoms with Gasteiger partial charge in [0.15, 0.2) is 0 Å². The van der Waals surface area contributed by atoms with Crippen molar-refractivity contribution in [1.82, 2.24) is 9.03 Å². The molecule has 0 aromatic heterocycles. The predicted octanol–water partition coefficient (Wildman–Crippen LogP) is 4.11. The van der Waals surface area contributed by atoms with Gasteiger partial charge < -0.3 is 9.80 Å². The first-order valence-electron chi connectivity index (χ1n) is 12.7. The van der Waals surface area contributed by atoms with Crippen LogP contribution in [0.2, 0.25) is 0 Å². The highest BCUT2D eigenvalue weighted by Crippen LogP contribution is 2.27. The fourth-order valence-corrected chi connectivity index (χ4v) is 6.21. The Morgan fingerprint density at radius 2 is 1.22 bits per heavy atom. The van der Waals surface area contributed by atoms with E-state index in [1.165, 1.54) is 36.6 Å². The Morgan fingerprint density at radius 3 is 1.54 bits per heavy atom. The van der Waals surface area contributed by atoms with Crippen LogP contribution < -0.4 is 14.5 Å². The summed E-state index contributed by atoms with van der Waals surface area (Å²) >= 11 is 0. The van der Waals surface area contributed by atoms with Gasteiger partial charge in [0.2, 0.25) is 31.9 Å². The summed E-state index contributed by atoms with van der Waals surface area (Å²) in [5.41, 5.74) is 1.49. The van der Waals surface area contributed by atoms with Gasteiger partial charge in [0, 0.05) is 49.9 Å². The molecule has 0 bridgehead atoms. The van der Waals surface area contributed by atoms with Crippen molar-refractivity contribution in [1.29, 1.82) is 0 Å².